The Morgan fingerprint density at radius 1 is 1.18 bits per heavy atom. The molecule has 0 amide bonds. The molecule has 1 heterocycles. The second-order valence-corrected chi connectivity index (χ2v) is 8.99. The summed E-state index contributed by atoms with van der Waals surface area (Å²) in [5, 5.41) is 13.3. The quantitative estimate of drug-likeness (QED) is 0.560. The number of aryl methyl sites for hydroxylation is 1. The average Bonchev–Trinajstić information content (AvgIpc) is 2.97. The zero-order chi connectivity index (χ0) is 20.8. The molecule has 0 spiro atoms. The lowest BCUT2D eigenvalue weighted by molar-refractivity contribution is -0.137. The highest BCUT2D eigenvalue weighted by Crippen LogP contribution is 2.34. The maximum atomic E-state index is 11.1. The number of carbonyl (C=O) groups is 1. The van der Waals surface area contributed by atoms with Gasteiger partial charge in [0.25, 0.3) is 0 Å². The first-order valence-electron chi connectivity index (χ1n) is 9.83. The van der Waals surface area contributed by atoms with Crippen LogP contribution in [0.1, 0.15) is 58.3 Å². The Kier molecular flexibility index (Phi) is 7.80. The summed E-state index contributed by atoms with van der Waals surface area (Å²) in [7, 11) is 0. The Morgan fingerprint density at radius 2 is 1.82 bits per heavy atom. The average molecular weight is 405 g/mol. The van der Waals surface area contributed by atoms with E-state index in [-0.39, 0.29) is 12.3 Å². The van der Waals surface area contributed by atoms with Gasteiger partial charge in [-0.15, -0.1) is 0 Å². The highest BCUT2D eigenvalue weighted by Gasteiger charge is 2.18. The molecule has 0 radical (unpaired) electrons. The van der Waals surface area contributed by atoms with Crippen molar-refractivity contribution in [1.29, 1.82) is 0 Å². The maximum absolute atomic E-state index is 11.1. The maximum Gasteiger partial charge on any atom is 0.303 e. The third-order valence-electron chi connectivity index (χ3n) is 4.35. The SMILES string of the molecule is Cc1nsc(Nc2cc(C(C)CC(=O)O)ccc2N(CC(C)C)CC(C)C)n1. The number of nitrogens with zero attached hydrogens (tertiary/aromatic N) is 3. The number of carboxylic acid groups (broad SMARTS) is 1. The first kappa shape index (κ1) is 22.1. The summed E-state index contributed by atoms with van der Waals surface area (Å²) in [5.41, 5.74) is 3.07. The van der Waals surface area contributed by atoms with Crippen molar-refractivity contribution in [2.24, 2.45) is 11.8 Å². The first-order chi connectivity index (χ1) is 13.2. The molecule has 154 valence electrons. The molecule has 1 atom stereocenters. The van der Waals surface area contributed by atoms with Crippen molar-refractivity contribution in [2.45, 2.75) is 53.9 Å². The lowest BCUT2D eigenvalue weighted by Crippen LogP contribution is -2.31. The molecule has 0 saturated heterocycles. The van der Waals surface area contributed by atoms with Gasteiger partial charge in [-0.3, -0.25) is 4.79 Å². The molecule has 2 aromatic rings. The summed E-state index contributed by atoms with van der Waals surface area (Å²) in [6, 6.07) is 6.22. The van der Waals surface area contributed by atoms with Crippen molar-refractivity contribution in [3.05, 3.63) is 29.6 Å². The van der Waals surface area contributed by atoms with Crippen LogP contribution in [0, 0.1) is 18.8 Å². The number of hydrogen-bond donors (Lipinski definition) is 2. The molecular formula is C21H32N4O2S. The van der Waals surface area contributed by atoms with E-state index in [2.05, 4.69) is 59.4 Å². The summed E-state index contributed by atoms with van der Waals surface area (Å²) < 4.78 is 4.26. The molecule has 1 aromatic carbocycles. The molecular weight excluding hydrogens is 372 g/mol. The predicted molar refractivity (Wildman–Crippen MR) is 117 cm³/mol. The number of anilines is 3. The van der Waals surface area contributed by atoms with Crippen LogP contribution in [0.3, 0.4) is 0 Å². The van der Waals surface area contributed by atoms with E-state index in [1.807, 2.05) is 19.9 Å². The third kappa shape index (κ3) is 6.48. The second-order valence-electron chi connectivity index (χ2n) is 8.24. The summed E-state index contributed by atoms with van der Waals surface area (Å²) in [6.07, 6.45) is 0.110. The number of nitrogens with one attached hydrogen (secondary N) is 1. The van der Waals surface area contributed by atoms with Crippen LogP contribution in [0.2, 0.25) is 0 Å². The molecule has 0 saturated carbocycles. The molecule has 1 aromatic heterocycles. The topological polar surface area (TPSA) is 78.3 Å². The van der Waals surface area contributed by atoms with E-state index in [9.17, 15) is 4.79 Å². The van der Waals surface area contributed by atoms with Crippen LogP contribution in [-0.2, 0) is 4.79 Å². The van der Waals surface area contributed by atoms with Crippen LogP contribution in [0.15, 0.2) is 18.2 Å². The zero-order valence-electron chi connectivity index (χ0n) is 17.7. The van der Waals surface area contributed by atoms with Crippen molar-refractivity contribution >= 4 is 34.0 Å². The Labute approximate surface area is 172 Å². The Morgan fingerprint density at radius 3 is 2.32 bits per heavy atom. The first-order valence-corrected chi connectivity index (χ1v) is 10.6. The van der Waals surface area contributed by atoms with Gasteiger partial charge in [-0.25, -0.2) is 4.98 Å². The number of carboxylic acids is 1. The van der Waals surface area contributed by atoms with Crippen LogP contribution < -0.4 is 10.2 Å². The van der Waals surface area contributed by atoms with Crippen LogP contribution in [0.4, 0.5) is 16.5 Å². The van der Waals surface area contributed by atoms with Crippen molar-refractivity contribution < 1.29 is 9.90 Å². The largest absolute Gasteiger partial charge is 0.481 e. The lowest BCUT2D eigenvalue weighted by atomic mass is 9.96. The Balaban J connectivity index is 2.44. The highest BCUT2D eigenvalue weighted by molar-refractivity contribution is 7.09. The molecule has 0 fully saturated rings. The van der Waals surface area contributed by atoms with Gasteiger partial charge in [0.2, 0.25) is 5.13 Å². The molecule has 6 nitrogen and oxygen atoms in total. The molecule has 7 heteroatoms. The van der Waals surface area contributed by atoms with E-state index in [1.165, 1.54) is 11.5 Å². The van der Waals surface area contributed by atoms with Crippen LogP contribution >= 0.6 is 11.5 Å². The fraction of sp³-hybridized carbons (Fsp3) is 0.571. The third-order valence-corrected chi connectivity index (χ3v) is 5.07. The lowest BCUT2D eigenvalue weighted by Gasteiger charge is -2.31. The molecule has 0 aliphatic carbocycles. The van der Waals surface area contributed by atoms with Crippen molar-refractivity contribution in [3.8, 4) is 0 Å². The van der Waals surface area contributed by atoms with Gasteiger partial charge >= 0.3 is 5.97 Å². The monoisotopic (exact) mass is 404 g/mol. The van der Waals surface area contributed by atoms with Crippen molar-refractivity contribution in [3.63, 3.8) is 0 Å². The molecule has 28 heavy (non-hydrogen) atoms. The smallest absolute Gasteiger partial charge is 0.303 e. The highest BCUT2D eigenvalue weighted by atomic mass is 32.1. The number of benzene rings is 1. The van der Waals surface area contributed by atoms with Gasteiger partial charge in [0, 0.05) is 24.6 Å². The minimum Gasteiger partial charge on any atom is -0.481 e. The summed E-state index contributed by atoms with van der Waals surface area (Å²) >= 11 is 1.33. The van der Waals surface area contributed by atoms with Crippen LogP contribution in [0.25, 0.3) is 0 Å². The molecule has 0 aliphatic heterocycles. The standard InChI is InChI=1S/C21H32N4O2S/c1-13(2)11-25(12-14(3)4)19-8-7-17(15(5)9-20(26)27)10-18(19)23-21-22-16(6)24-28-21/h7-8,10,13-15H,9,11-12H2,1-6H3,(H,26,27)(H,22,23,24). The van der Waals surface area contributed by atoms with Crippen LogP contribution in [-0.4, -0.2) is 33.5 Å². The van der Waals surface area contributed by atoms with Gasteiger partial charge in [-0.05, 0) is 42.4 Å². The minimum atomic E-state index is -0.785. The molecule has 1 unspecified atom stereocenters. The fourth-order valence-electron chi connectivity index (χ4n) is 3.23. The van der Waals surface area contributed by atoms with E-state index in [1.54, 1.807) is 0 Å². The number of aliphatic carboxylic acids is 1. The summed E-state index contributed by atoms with van der Waals surface area (Å²) in [4.78, 5) is 18.0. The fourth-order valence-corrected chi connectivity index (χ4v) is 3.82. The number of rotatable bonds is 10. The summed E-state index contributed by atoms with van der Waals surface area (Å²) in [5.74, 6) is 0.951. The van der Waals surface area contributed by atoms with Crippen molar-refractivity contribution in [2.75, 3.05) is 23.3 Å². The van der Waals surface area contributed by atoms with E-state index >= 15 is 0 Å². The number of hydrogen-bond acceptors (Lipinski definition) is 6. The van der Waals surface area contributed by atoms with E-state index in [0.717, 1.165) is 41.0 Å². The zero-order valence-corrected chi connectivity index (χ0v) is 18.5. The van der Waals surface area contributed by atoms with E-state index in [4.69, 9.17) is 5.11 Å². The molecule has 0 aliphatic rings. The van der Waals surface area contributed by atoms with Gasteiger partial charge in [0.05, 0.1) is 17.8 Å². The Hall–Kier alpha value is -2.15. The predicted octanol–water partition coefficient (Wildman–Crippen LogP) is 5.29. The van der Waals surface area contributed by atoms with Gasteiger partial charge in [-0.2, -0.15) is 4.37 Å². The van der Waals surface area contributed by atoms with Gasteiger partial charge in [0.1, 0.15) is 5.82 Å². The minimum absolute atomic E-state index is 0.0631. The van der Waals surface area contributed by atoms with Gasteiger partial charge in [-0.1, -0.05) is 40.7 Å². The van der Waals surface area contributed by atoms with E-state index in [0.29, 0.717) is 11.8 Å². The molecule has 2 N–H and O–H groups in total. The summed E-state index contributed by atoms with van der Waals surface area (Å²) in [6.45, 7) is 14.6. The van der Waals surface area contributed by atoms with Gasteiger partial charge < -0.3 is 15.3 Å². The van der Waals surface area contributed by atoms with Gasteiger partial charge in [0.15, 0.2) is 0 Å². The Bertz CT molecular complexity index is 778. The number of aromatic nitrogens is 2. The van der Waals surface area contributed by atoms with E-state index < -0.39 is 5.97 Å². The molecule has 2 rings (SSSR count). The second kappa shape index (κ2) is 9.87. The normalized spacial score (nSPS) is 12.4. The molecule has 0 bridgehead atoms. The van der Waals surface area contributed by atoms with Crippen molar-refractivity contribution in [1.82, 2.24) is 9.36 Å². The van der Waals surface area contributed by atoms with Crippen LogP contribution in [0.5, 0.6) is 0 Å².